The molecule has 1 saturated heterocycles. The van der Waals surface area contributed by atoms with E-state index in [9.17, 15) is 14.9 Å². The van der Waals surface area contributed by atoms with Crippen LogP contribution in [0.15, 0.2) is 36.4 Å². The van der Waals surface area contributed by atoms with Crippen LogP contribution < -0.4 is 23.7 Å². The Kier molecular flexibility index (Phi) is 9.54. The molecular formula is C39H43N3O9. The van der Waals surface area contributed by atoms with Gasteiger partial charge in [0.05, 0.1) is 25.3 Å². The Balaban J connectivity index is 1.38. The Labute approximate surface area is 297 Å². The van der Waals surface area contributed by atoms with Crippen molar-refractivity contribution in [2.45, 2.75) is 76.7 Å². The van der Waals surface area contributed by atoms with Crippen molar-refractivity contribution < 1.29 is 42.7 Å². The summed E-state index contributed by atoms with van der Waals surface area (Å²) in [6.07, 6.45) is 1.71. The van der Waals surface area contributed by atoms with Crippen molar-refractivity contribution >= 4 is 11.9 Å². The number of ether oxygens (including phenoxy) is 7. The summed E-state index contributed by atoms with van der Waals surface area (Å²) < 4.78 is 41.7. The van der Waals surface area contributed by atoms with E-state index in [-0.39, 0.29) is 50.7 Å². The molecule has 1 fully saturated rings. The molecule has 5 atom stereocenters. The van der Waals surface area contributed by atoms with Gasteiger partial charge in [-0.3, -0.25) is 19.4 Å². The lowest BCUT2D eigenvalue weighted by Gasteiger charge is -2.59. The summed E-state index contributed by atoms with van der Waals surface area (Å²) in [5, 5.41) is 11.0. The van der Waals surface area contributed by atoms with Gasteiger partial charge in [0.15, 0.2) is 29.8 Å². The monoisotopic (exact) mass is 697 g/mol. The molecular weight excluding hydrogens is 654 g/mol. The Hall–Kier alpha value is -4.83. The zero-order valence-corrected chi connectivity index (χ0v) is 29.8. The van der Waals surface area contributed by atoms with Crippen molar-refractivity contribution in [1.29, 1.82) is 5.26 Å². The quantitative estimate of drug-likeness (QED) is 0.162. The number of likely N-dealkylation sites (N-methyl/N-ethyl adjacent to an activating group) is 1. The van der Waals surface area contributed by atoms with Gasteiger partial charge < -0.3 is 33.2 Å². The molecule has 3 aromatic rings. The van der Waals surface area contributed by atoms with Gasteiger partial charge in [-0.25, -0.2) is 0 Å². The first kappa shape index (κ1) is 34.6. The van der Waals surface area contributed by atoms with Crippen molar-refractivity contribution in [3.05, 3.63) is 75.3 Å². The second-order valence-corrected chi connectivity index (χ2v) is 13.5. The van der Waals surface area contributed by atoms with Gasteiger partial charge in [0.25, 0.3) is 0 Å². The van der Waals surface area contributed by atoms with E-state index in [1.807, 2.05) is 51.2 Å². The molecule has 4 heterocycles. The highest BCUT2D eigenvalue weighted by Crippen LogP contribution is 2.58. The molecule has 2 bridgehead atoms. The first-order valence-corrected chi connectivity index (χ1v) is 17.2. The molecule has 0 aliphatic carbocycles. The fourth-order valence-electron chi connectivity index (χ4n) is 8.65. The molecule has 0 aromatic heterocycles. The first-order chi connectivity index (χ1) is 24.7. The smallest absolute Gasteiger partial charge is 0.308 e. The lowest BCUT2D eigenvalue weighted by atomic mass is 9.71. The molecule has 0 spiro atoms. The highest BCUT2D eigenvalue weighted by molar-refractivity contribution is 5.74. The SMILES string of the molecule is COCOc1c(OC)c(C)cc2c1[C@H]1C3Cc4c(OC(C)=O)c(C)c5c(c4[C@H](COC(=O)CCc4ccccc4)N3[C@@H](C#N)[C@H](C2)N1C)OCO5. The van der Waals surface area contributed by atoms with E-state index < -0.39 is 18.1 Å². The number of hydrogen-bond donors (Lipinski definition) is 0. The van der Waals surface area contributed by atoms with E-state index in [0.29, 0.717) is 59.1 Å². The minimum absolute atomic E-state index is 0.0124. The van der Waals surface area contributed by atoms with Crippen LogP contribution in [0.4, 0.5) is 0 Å². The second-order valence-electron chi connectivity index (χ2n) is 13.5. The summed E-state index contributed by atoms with van der Waals surface area (Å²) in [5.41, 5.74) is 6.09. The third kappa shape index (κ3) is 5.93. The second kappa shape index (κ2) is 14.1. The van der Waals surface area contributed by atoms with Crippen LogP contribution in [-0.2, 0) is 38.3 Å². The maximum Gasteiger partial charge on any atom is 0.308 e. The number of piperazine rings is 1. The summed E-state index contributed by atoms with van der Waals surface area (Å²) in [5.74, 6) is 1.78. The van der Waals surface area contributed by atoms with Crippen molar-refractivity contribution in [3.8, 4) is 34.8 Å². The van der Waals surface area contributed by atoms with Crippen molar-refractivity contribution in [1.82, 2.24) is 9.80 Å². The highest BCUT2D eigenvalue weighted by Gasteiger charge is 2.57. The topological polar surface area (TPSA) is 129 Å². The average Bonchev–Trinajstić information content (AvgIpc) is 3.61. The number of fused-ring (bicyclic) bond motifs is 9. The number of rotatable bonds is 10. The van der Waals surface area contributed by atoms with Crippen LogP contribution in [-0.4, -0.2) is 81.3 Å². The van der Waals surface area contributed by atoms with E-state index >= 15 is 0 Å². The first-order valence-electron chi connectivity index (χ1n) is 17.2. The van der Waals surface area contributed by atoms with Gasteiger partial charge in [0.2, 0.25) is 6.79 Å². The normalized spacial score (nSPS) is 23.0. The number of nitrogens with zero attached hydrogens (tertiary/aromatic N) is 3. The molecule has 4 aliphatic heterocycles. The zero-order chi connectivity index (χ0) is 36.0. The van der Waals surface area contributed by atoms with Crippen LogP contribution in [0.3, 0.4) is 0 Å². The van der Waals surface area contributed by atoms with Gasteiger partial charge in [-0.15, -0.1) is 0 Å². The molecule has 51 heavy (non-hydrogen) atoms. The Morgan fingerprint density at radius 3 is 2.47 bits per heavy atom. The highest BCUT2D eigenvalue weighted by atomic mass is 16.7. The standard InChI is InChI=1S/C39H43N3O9/c1-21-14-25-15-27-29(17-40)42-28(34(41(27)4)32(25)38(35(21)46-6)48-19-45-5)16-26-33(39-37(49-20-50-39)22(2)36(26)51-23(3)43)30(42)18-47-31(44)13-12-24-10-8-7-9-11-24/h7-11,14,27-30,34H,12-13,15-16,18-20H2,1-6H3/t27-,28?,29-,30-,34+/m0/s1. The summed E-state index contributed by atoms with van der Waals surface area (Å²) in [6.45, 7) is 5.16. The van der Waals surface area contributed by atoms with Crippen LogP contribution in [0.1, 0.15) is 64.4 Å². The number of carbonyl (C=O) groups is 2. The number of methoxy groups -OCH3 is 2. The number of aryl methyl sites for hydroxylation is 2. The van der Waals surface area contributed by atoms with Crippen LogP contribution >= 0.6 is 0 Å². The zero-order valence-electron chi connectivity index (χ0n) is 29.8. The number of nitriles is 1. The number of hydrogen-bond acceptors (Lipinski definition) is 12. The van der Waals surface area contributed by atoms with E-state index in [0.717, 1.165) is 27.8 Å². The molecule has 3 aromatic carbocycles. The van der Waals surface area contributed by atoms with Gasteiger partial charge >= 0.3 is 11.9 Å². The summed E-state index contributed by atoms with van der Waals surface area (Å²) >= 11 is 0. The minimum atomic E-state index is -0.620. The van der Waals surface area contributed by atoms with Gasteiger partial charge in [-0.05, 0) is 56.8 Å². The molecule has 12 nitrogen and oxygen atoms in total. The van der Waals surface area contributed by atoms with Crippen LogP contribution in [0.2, 0.25) is 0 Å². The van der Waals surface area contributed by atoms with E-state index in [1.165, 1.54) is 6.92 Å². The molecule has 4 aliphatic rings. The van der Waals surface area contributed by atoms with Crippen LogP contribution in [0, 0.1) is 25.2 Å². The van der Waals surface area contributed by atoms with Gasteiger partial charge in [-0.2, -0.15) is 5.26 Å². The Morgan fingerprint density at radius 1 is 1.00 bits per heavy atom. The van der Waals surface area contributed by atoms with Crippen molar-refractivity contribution in [3.63, 3.8) is 0 Å². The molecule has 0 saturated carbocycles. The fraction of sp³-hybridized carbons (Fsp3) is 0.462. The number of esters is 2. The Bertz CT molecular complexity index is 1890. The molecule has 1 unspecified atom stereocenters. The predicted molar refractivity (Wildman–Crippen MR) is 184 cm³/mol. The Morgan fingerprint density at radius 2 is 1.76 bits per heavy atom. The van der Waals surface area contributed by atoms with Crippen LogP contribution in [0.5, 0.6) is 28.7 Å². The van der Waals surface area contributed by atoms with Gasteiger partial charge in [0, 0.05) is 54.8 Å². The third-order valence-corrected chi connectivity index (χ3v) is 10.7. The summed E-state index contributed by atoms with van der Waals surface area (Å²) in [7, 11) is 5.24. The fourth-order valence-corrected chi connectivity index (χ4v) is 8.65. The van der Waals surface area contributed by atoms with Gasteiger partial charge in [-0.1, -0.05) is 36.4 Å². The van der Waals surface area contributed by atoms with Crippen molar-refractivity contribution in [2.24, 2.45) is 0 Å². The summed E-state index contributed by atoms with van der Waals surface area (Å²) in [4.78, 5) is 30.4. The molecule has 12 heteroatoms. The number of carbonyl (C=O) groups excluding carboxylic acids is 2. The molecule has 0 amide bonds. The third-order valence-electron chi connectivity index (χ3n) is 10.7. The molecule has 7 rings (SSSR count). The maximum atomic E-state index is 13.4. The number of benzene rings is 3. The lowest BCUT2D eigenvalue weighted by molar-refractivity contribution is -0.149. The van der Waals surface area contributed by atoms with E-state index in [4.69, 9.17) is 33.2 Å². The predicted octanol–water partition coefficient (Wildman–Crippen LogP) is 4.90. The average molecular weight is 698 g/mol. The van der Waals surface area contributed by atoms with Gasteiger partial charge in [0.1, 0.15) is 18.4 Å². The lowest BCUT2D eigenvalue weighted by Crippen LogP contribution is -2.68. The minimum Gasteiger partial charge on any atom is -0.493 e. The molecule has 0 N–H and O–H groups in total. The van der Waals surface area contributed by atoms with Crippen LogP contribution in [0.25, 0.3) is 0 Å². The maximum absolute atomic E-state index is 13.4. The van der Waals surface area contributed by atoms with E-state index in [2.05, 4.69) is 21.9 Å². The molecule has 268 valence electrons. The van der Waals surface area contributed by atoms with Crippen molar-refractivity contribution in [2.75, 3.05) is 41.5 Å². The largest absolute Gasteiger partial charge is 0.493 e. The summed E-state index contributed by atoms with van der Waals surface area (Å²) in [6, 6.07) is 12.5. The van der Waals surface area contributed by atoms with E-state index in [1.54, 1.807) is 14.2 Å². The molecule has 0 radical (unpaired) electrons.